The van der Waals surface area contributed by atoms with E-state index in [1.807, 2.05) is 72.8 Å². The molecule has 0 aliphatic heterocycles. The zero-order valence-electron chi connectivity index (χ0n) is 31.3. The summed E-state index contributed by atoms with van der Waals surface area (Å²) in [5, 5.41) is 14.1. The van der Waals surface area contributed by atoms with Crippen molar-refractivity contribution in [1.82, 2.24) is 29.9 Å². The molecule has 6 aromatic heterocycles. The summed E-state index contributed by atoms with van der Waals surface area (Å²) < 4.78 is 0. The van der Waals surface area contributed by atoms with Gasteiger partial charge < -0.3 is 14.5 Å². The molecular formula is C45H33N9O3. The van der Waals surface area contributed by atoms with Crippen LogP contribution in [0, 0.1) is 20.8 Å². The van der Waals surface area contributed by atoms with Gasteiger partial charge in [0.15, 0.2) is 0 Å². The van der Waals surface area contributed by atoms with Crippen LogP contribution in [0.1, 0.15) is 66.8 Å². The van der Waals surface area contributed by atoms with Crippen molar-refractivity contribution in [3.63, 3.8) is 0 Å². The fraction of sp³-hybridized carbons (Fsp3) is 0.133. The lowest BCUT2D eigenvalue weighted by molar-refractivity contribution is 0.120. The van der Waals surface area contributed by atoms with E-state index in [0.29, 0.717) is 17.1 Å². The number of oxime groups is 3. The smallest absolute Gasteiger partial charge is 0.142 e. The second-order valence-corrected chi connectivity index (χ2v) is 13.8. The molecule has 0 amide bonds. The predicted molar refractivity (Wildman–Crippen MR) is 214 cm³/mol. The molecule has 0 fully saturated rings. The van der Waals surface area contributed by atoms with Crippen LogP contribution in [0.15, 0.2) is 125 Å². The van der Waals surface area contributed by atoms with Gasteiger partial charge in [-0.25, -0.2) is 0 Å². The molecule has 12 nitrogen and oxygen atoms in total. The first-order valence-electron chi connectivity index (χ1n) is 18.5. The third-order valence-electron chi connectivity index (χ3n) is 10.9. The van der Waals surface area contributed by atoms with Crippen molar-refractivity contribution < 1.29 is 14.5 Å². The Morgan fingerprint density at radius 1 is 0.351 bits per heavy atom. The molecule has 7 aromatic rings. The average Bonchev–Trinajstić information content (AvgIpc) is 3.87. The van der Waals surface area contributed by atoms with Gasteiger partial charge in [-0.3, -0.25) is 29.9 Å². The van der Waals surface area contributed by atoms with Gasteiger partial charge in [-0.1, -0.05) is 15.5 Å². The quantitative estimate of drug-likeness (QED) is 0.135. The predicted octanol–water partition coefficient (Wildman–Crippen LogP) is 7.83. The molecule has 0 radical (unpaired) electrons. The van der Waals surface area contributed by atoms with Crippen LogP contribution < -0.4 is 0 Å². The zero-order valence-corrected chi connectivity index (χ0v) is 31.3. The molecule has 0 unspecified atom stereocenters. The van der Waals surface area contributed by atoms with E-state index in [9.17, 15) is 0 Å². The van der Waals surface area contributed by atoms with Crippen molar-refractivity contribution in [2.75, 3.05) is 0 Å². The number of nitrogens with zero attached hydrogens (tertiary/aromatic N) is 9. The molecular weight excluding hydrogens is 715 g/mol. The van der Waals surface area contributed by atoms with Crippen molar-refractivity contribution in [2.24, 2.45) is 15.5 Å². The molecule has 0 saturated carbocycles. The van der Waals surface area contributed by atoms with Crippen LogP contribution in [0.4, 0.5) is 0 Å². The third-order valence-corrected chi connectivity index (χ3v) is 10.9. The SMILES string of the molecule is Cc1c(CON=C2c3cccnc3-c3ncccc32)c(C)c(CON=C2c3cccnc3-c3ncccc32)c(C)c1CON=C1c2cccnc2-c2ncccc21. The minimum absolute atomic E-state index is 0.200. The molecule has 3 aliphatic carbocycles. The van der Waals surface area contributed by atoms with Crippen LogP contribution in [0.3, 0.4) is 0 Å². The maximum atomic E-state index is 6.22. The number of benzene rings is 1. The number of hydrogen-bond acceptors (Lipinski definition) is 12. The Bertz CT molecular complexity index is 2400. The van der Waals surface area contributed by atoms with E-state index in [1.54, 1.807) is 37.2 Å². The summed E-state index contributed by atoms with van der Waals surface area (Å²) in [7, 11) is 0. The molecule has 10 rings (SSSR count). The highest BCUT2D eigenvalue weighted by Gasteiger charge is 2.30. The number of aromatic nitrogens is 6. The Morgan fingerprint density at radius 3 is 0.772 bits per heavy atom. The largest absolute Gasteiger partial charge is 0.390 e. The number of rotatable bonds is 9. The van der Waals surface area contributed by atoms with Gasteiger partial charge in [-0.2, -0.15) is 0 Å². The van der Waals surface area contributed by atoms with Gasteiger partial charge in [-0.15, -0.1) is 0 Å². The first-order valence-corrected chi connectivity index (χ1v) is 18.5. The highest BCUT2D eigenvalue weighted by molar-refractivity contribution is 6.24. The maximum Gasteiger partial charge on any atom is 0.142 e. The van der Waals surface area contributed by atoms with E-state index in [4.69, 9.17) is 14.5 Å². The monoisotopic (exact) mass is 747 g/mol. The Morgan fingerprint density at radius 2 is 0.561 bits per heavy atom. The summed E-state index contributed by atoms with van der Waals surface area (Å²) >= 11 is 0. The second-order valence-electron chi connectivity index (χ2n) is 13.8. The van der Waals surface area contributed by atoms with E-state index in [-0.39, 0.29) is 19.8 Å². The van der Waals surface area contributed by atoms with Gasteiger partial charge in [0.2, 0.25) is 0 Å². The molecule has 0 spiro atoms. The summed E-state index contributed by atoms with van der Waals surface area (Å²) in [6.07, 6.45) is 10.6. The standard InChI is InChI=1S/C45H33N9O3/c1-25-34(22-55-52-37-28-10-4-16-46-40(28)41-29(37)11-5-17-47-41)26(2)36(24-57-54-39-32-14-8-20-50-44(32)45-33(39)15-9-21-51-45)27(3)35(25)23-56-53-38-30-12-6-18-48-42(30)43-31(38)13-7-19-49-43/h4-21H,22-24H2,1-3H3. The van der Waals surface area contributed by atoms with Crippen LogP contribution >= 0.6 is 0 Å². The molecule has 6 heterocycles. The molecule has 1 aromatic carbocycles. The molecule has 0 atom stereocenters. The number of fused-ring (bicyclic) bond motifs is 9. The Kier molecular flexibility index (Phi) is 8.36. The van der Waals surface area contributed by atoms with Crippen molar-refractivity contribution in [3.8, 4) is 34.2 Å². The Hall–Kier alpha value is -7.47. The van der Waals surface area contributed by atoms with E-state index >= 15 is 0 Å². The number of hydrogen-bond donors (Lipinski definition) is 0. The molecule has 0 saturated heterocycles. The Balaban J connectivity index is 0.995. The minimum atomic E-state index is 0.200. The first kappa shape index (κ1) is 34.1. The average molecular weight is 748 g/mol. The highest BCUT2D eigenvalue weighted by atomic mass is 16.6. The lowest BCUT2D eigenvalue weighted by Gasteiger charge is -2.21. The van der Waals surface area contributed by atoms with E-state index in [0.717, 1.165) is 101 Å². The molecule has 3 aliphatic rings. The molecule has 12 heteroatoms. The summed E-state index contributed by atoms with van der Waals surface area (Å²) in [5.74, 6) is 0. The van der Waals surface area contributed by atoms with E-state index in [1.165, 1.54) is 0 Å². The summed E-state index contributed by atoms with van der Waals surface area (Å²) in [4.78, 5) is 46.2. The topological polar surface area (TPSA) is 142 Å². The van der Waals surface area contributed by atoms with Crippen LogP contribution in [-0.2, 0) is 34.3 Å². The van der Waals surface area contributed by atoms with E-state index in [2.05, 4.69) is 66.1 Å². The van der Waals surface area contributed by atoms with Crippen LogP contribution in [0.2, 0.25) is 0 Å². The lowest BCUT2D eigenvalue weighted by Crippen LogP contribution is -2.11. The van der Waals surface area contributed by atoms with Crippen molar-refractivity contribution in [2.45, 2.75) is 40.6 Å². The summed E-state index contributed by atoms with van der Waals surface area (Å²) in [6, 6.07) is 23.3. The van der Waals surface area contributed by atoms with Gasteiger partial charge in [0.1, 0.15) is 37.0 Å². The second kappa shape index (κ2) is 14.0. The lowest BCUT2D eigenvalue weighted by atomic mass is 9.89. The first-order chi connectivity index (χ1) is 28.1. The molecule has 276 valence electrons. The molecule has 0 N–H and O–H groups in total. The third kappa shape index (κ3) is 5.64. The summed E-state index contributed by atoms with van der Waals surface area (Å²) in [5.41, 5.74) is 18.1. The van der Waals surface area contributed by atoms with Crippen molar-refractivity contribution >= 4 is 17.1 Å². The molecule has 57 heavy (non-hydrogen) atoms. The van der Waals surface area contributed by atoms with Crippen molar-refractivity contribution in [1.29, 1.82) is 0 Å². The fourth-order valence-electron chi connectivity index (χ4n) is 7.96. The van der Waals surface area contributed by atoms with Gasteiger partial charge in [0, 0.05) is 70.6 Å². The summed E-state index contributed by atoms with van der Waals surface area (Å²) in [6.45, 7) is 6.84. The van der Waals surface area contributed by atoms with Crippen LogP contribution in [-0.4, -0.2) is 47.0 Å². The normalized spacial score (nSPS) is 12.6. The molecule has 0 bridgehead atoms. The minimum Gasteiger partial charge on any atom is -0.390 e. The van der Waals surface area contributed by atoms with Crippen LogP contribution in [0.5, 0.6) is 0 Å². The highest BCUT2D eigenvalue weighted by Crippen LogP contribution is 2.37. The van der Waals surface area contributed by atoms with Crippen molar-refractivity contribution in [3.05, 3.63) is 177 Å². The number of pyridine rings is 6. The van der Waals surface area contributed by atoms with Gasteiger partial charge in [-0.05, 0) is 127 Å². The fourth-order valence-corrected chi connectivity index (χ4v) is 7.96. The van der Waals surface area contributed by atoms with Crippen LogP contribution in [0.25, 0.3) is 34.2 Å². The maximum absolute atomic E-state index is 6.22. The van der Waals surface area contributed by atoms with E-state index < -0.39 is 0 Å². The van der Waals surface area contributed by atoms with Gasteiger partial charge in [0.25, 0.3) is 0 Å². The van der Waals surface area contributed by atoms with Gasteiger partial charge >= 0.3 is 0 Å². The zero-order chi connectivity index (χ0) is 38.5. The Labute approximate surface area is 327 Å². The van der Waals surface area contributed by atoms with Gasteiger partial charge in [0.05, 0.1) is 34.2 Å².